The van der Waals surface area contributed by atoms with Crippen molar-refractivity contribution >= 4 is 6.21 Å². The summed E-state index contributed by atoms with van der Waals surface area (Å²) in [4.78, 5) is 4.30. The number of hydrogen-bond acceptors (Lipinski definition) is 1. The van der Waals surface area contributed by atoms with Gasteiger partial charge in [0, 0.05) is 17.8 Å². The molecular weight excluding hydrogens is 194 g/mol. The zero-order valence-electron chi connectivity index (χ0n) is 10.2. The highest BCUT2D eigenvalue weighted by atomic mass is 14.7. The lowest BCUT2D eigenvalue weighted by atomic mass is 9.83. The highest BCUT2D eigenvalue weighted by Crippen LogP contribution is 2.23. The molecule has 84 valence electrons. The van der Waals surface area contributed by atoms with Crippen molar-refractivity contribution in [3.8, 4) is 0 Å². The van der Waals surface area contributed by atoms with E-state index >= 15 is 0 Å². The monoisotopic (exact) mass is 213 g/mol. The Balaban J connectivity index is 3.06. The van der Waals surface area contributed by atoms with E-state index < -0.39 is 0 Å². The van der Waals surface area contributed by atoms with E-state index in [1.807, 2.05) is 38.4 Å². The molecule has 0 saturated carbocycles. The van der Waals surface area contributed by atoms with Crippen LogP contribution in [0.3, 0.4) is 0 Å². The van der Waals surface area contributed by atoms with E-state index in [4.69, 9.17) is 0 Å². The lowest BCUT2D eigenvalue weighted by molar-refractivity contribution is 0.826. The van der Waals surface area contributed by atoms with Crippen LogP contribution in [0.15, 0.2) is 59.8 Å². The van der Waals surface area contributed by atoms with Gasteiger partial charge in [0.2, 0.25) is 0 Å². The number of hydrogen-bond donors (Lipinski definition) is 0. The minimum absolute atomic E-state index is 0.129. The second-order valence-corrected chi connectivity index (χ2v) is 3.91. The van der Waals surface area contributed by atoms with Crippen molar-refractivity contribution in [3.05, 3.63) is 60.3 Å². The molecule has 0 spiro atoms. The molecule has 1 rings (SSSR count). The smallest absolute Gasteiger partial charge is 0.0457 e. The molecule has 0 heterocycles. The van der Waals surface area contributed by atoms with E-state index in [0.717, 1.165) is 0 Å². The predicted octanol–water partition coefficient (Wildman–Crippen LogP) is 4.12. The van der Waals surface area contributed by atoms with Gasteiger partial charge in [0.25, 0.3) is 0 Å². The zero-order chi connectivity index (χ0) is 11.9. The molecule has 0 N–H and O–H groups in total. The van der Waals surface area contributed by atoms with Gasteiger partial charge in [-0.15, -0.1) is 0 Å². The number of rotatable bonds is 4. The summed E-state index contributed by atoms with van der Waals surface area (Å²) in [6.45, 7) is 6.16. The Labute approximate surface area is 98.2 Å². The lowest BCUT2D eigenvalue weighted by Gasteiger charge is -2.21. The fourth-order valence-electron chi connectivity index (χ4n) is 1.64. The van der Waals surface area contributed by atoms with Gasteiger partial charge in [-0.25, -0.2) is 0 Å². The predicted molar refractivity (Wildman–Crippen MR) is 71.9 cm³/mol. The van der Waals surface area contributed by atoms with Gasteiger partial charge < -0.3 is 0 Å². The van der Waals surface area contributed by atoms with Crippen LogP contribution in [0, 0.1) is 0 Å². The van der Waals surface area contributed by atoms with E-state index in [0.29, 0.717) is 0 Å². The maximum atomic E-state index is 4.30. The van der Waals surface area contributed by atoms with Gasteiger partial charge in [0.1, 0.15) is 0 Å². The molecule has 0 amide bonds. The Morgan fingerprint density at radius 3 is 2.31 bits per heavy atom. The Hall–Kier alpha value is -1.63. The Kier molecular flexibility index (Phi) is 4.71. The van der Waals surface area contributed by atoms with Crippen LogP contribution in [0.1, 0.15) is 26.3 Å². The van der Waals surface area contributed by atoms with Crippen LogP contribution in [0.2, 0.25) is 0 Å². The van der Waals surface area contributed by atoms with Crippen LogP contribution in [-0.4, -0.2) is 6.21 Å². The largest absolute Gasteiger partial charge is 0.268 e. The Morgan fingerprint density at radius 1 is 1.06 bits per heavy atom. The first-order valence-corrected chi connectivity index (χ1v) is 5.58. The molecular formula is C15H19N. The number of nitrogens with zero attached hydrogens (tertiary/aromatic N) is 1. The van der Waals surface area contributed by atoms with Gasteiger partial charge in [-0.05, 0) is 26.3 Å². The van der Waals surface area contributed by atoms with Crippen LogP contribution < -0.4 is 0 Å². The molecule has 0 aromatic heterocycles. The normalized spacial score (nSPS) is 16.2. The average molecular weight is 213 g/mol. The van der Waals surface area contributed by atoms with Gasteiger partial charge in [0.05, 0.1) is 0 Å². The summed E-state index contributed by atoms with van der Waals surface area (Å²) < 4.78 is 0. The van der Waals surface area contributed by atoms with Gasteiger partial charge in [0.15, 0.2) is 0 Å². The van der Waals surface area contributed by atoms with Gasteiger partial charge in [-0.1, -0.05) is 48.6 Å². The number of aliphatic imine (C=N–C) groups is 1. The summed E-state index contributed by atoms with van der Waals surface area (Å²) >= 11 is 0. The van der Waals surface area contributed by atoms with Crippen molar-refractivity contribution in [2.75, 3.05) is 0 Å². The van der Waals surface area contributed by atoms with Gasteiger partial charge >= 0.3 is 0 Å². The molecule has 0 radical (unpaired) electrons. The molecule has 0 aliphatic carbocycles. The van der Waals surface area contributed by atoms with Crippen molar-refractivity contribution in [1.29, 1.82) is 0 Å². The maximum absolute atomic E-state index is 4.30. The van der Waals surface area contributed by atoms with E-state index in [1.54, 1.807) is 0 Å². The topological polar surface area (TPSA) is 12.4 Å². The summed E-state index contributed by atoms with van der Waals surface area (Å²) in [5.41, 5.74) is 1.12. The first-order valence-electron chi connectivity index (χ1n) is 5.58. The first-order chi connectivity index (χ1) is 7.73. The highest BCUT2D eigenvalue weighted by molar-refractivity contribution is 5.76. The molecule has 0 aliphatic heterocycles. The Bertz CT molecular complexity index is 387. The third kappa shape index (κ3) is 3.20. The van der Waals surface area contributed by atoms with E-state index in [1.165, 1.54) is 5.56 Å². The maximum Gasteiger partial charge on any atom is 0.0457 e. The van der Waals surface area contributed by atoms with Gasteiger partial charge in [-0.3, -0.25) is 4.99 Å². The van der Waals surface area contributed by atoms with E-state index in [2.05, 4.69) is 48.3 Å². The van der Waals surface area contributed by atoms with Crippen LogP contribution in [0.5, 0.6) is 0 Å². The molecule has 1 heteroatoms. The van der Waals surface area contributed by atoms with Crippen LogP contribution in [0.4, 0.5) is 0 Å². The average Bonchev–Trinajstić information content (AvgIpc) is 2.31. The third-order valence-corrected chi connectivity index (χ3v) is 2.49. The summed E-state index contributed by atoms with van der Waals surface area (Å²) in [6.07, 6.45) is 9.94. The minimum atomic E-state index is -0.129. The lowest BCUT2D eigenvalue weighted by Crippen LogP contribution is -2.20. The highest BCUT2D eigenvalue weighted by Gasteiger charge is 2.19. The first kappa shape index (κ1) is 12.4. The Morgan fingerprint density at radius 2 is 1.75 bits per heavy atom. The molecule has 0 fully saturated rings. The molecule has 0 aliphatic rings. The summed E-state index contributed by atoms with van der Waals surface area (Å²) in [5, 5.41) is 0. The zero-order valence-corrected chi connectivity index (χ0v) is 10.2. The van der Waals surface area contributed by atoms with Crippen LogP contribution >= 0.6 is 0 Å². The molecule has 1 aromatic carbocycles. The molecule has 0 bridgehead atoms. The summed E-state index contributed by atoms with van der Waals surface area (Å²) in [5.74, 6) is 0. The van der Waals surface area contributed by atoms with Crippen LogP contribution in [-0.2, 0) is 5.41 Å². The van der Waals surface area contributed by atoms with Crippen molar-refractivity contribution in [2.45, 2.75) is 26.2 Å². The molecule has 1 atom stereocenters. The van der Waals surface area contributed by atoms with Crippen molar-refractivity contribution in [1.82, 2.24) is 0 Å². The molecule has 1 nitrogen and oxygen atoms in total. The quantitative estimate of drug-likeness (QED) is 0.527. The van der Waals surface area contributed by atoms with E-state index in [-0.39, 0.29) is 5.41 Å². The standard InChI is InChI=1S/C15H19N/c1-4-11-15(3,13-16-12-5-2)14-9-7-6-8-10-14/h4-13H,1-3H3/b11-4-,12-5-,16-13-. The van der Waals surface area contributed by atoms with Crippen molar-refractivity contribution in [3.63, 3.8) is 0 Å². The fraction of sp³-hybridized carbons (Fsp3) is 0.267. The number of benzene rings is 1. The fourth-order valence-corrected chi connectivity index (χ4v) is 1.64. The molecule has 1 unspecified atom stereocenters. The van der Waals surface area contributed by atoms with Crippen molar-refractivity contribution in [2.24, 2.45) is 4.99 Å². The van der Waals surface area contributed by atoms with Crippen molar-refractivity contribution < 1.29 is 0 Å². The minimum Gasteiger partial charge on any atom is -0.268 e. The second-order valence-electron chi connectivity index (χ2n) is 3.91. The SMILES string of the molecule is C/C=C\N=C/C(C)(/C=C\C)c1ccccc1. The summed E-state index contributed by atoms with van der Waals surface area (Å²) in [6, 6.07) is 10.4. The van der Waals surface area contributed by atoms with Gasteiger partial charge in [-0.2, -0.15) is 0 Å². The number of allylic oxidation sites excluding steroid dienone is 3. The van der Waals surface area contributed by atoms with E-state index in [9.17, 15) is 0 Å². The second kappa shape index (κ2) is 6.06. The molecule has 1 aromatic rings. The molecule has 0 saturated heterocycles. The summed E-state index contributed by atoms with van der Waals surface area (Å²) in [7, 11) is 0. The molecule has 16 heavy (non-hydrogen) atoms. The third-order valence-electron chi connectivity index (χ3n) is 2.49. The van der Waals surface area contributed by atoms with Crippen LogP contribution in [0.25, 0.3) is 0 Å².